The standard InChI is InChI=1S/C31H29FN4O2/c32-26-10-14-28(15-11-26)38-27-12-8-25(9-13-27)29-2-1-3-30(34-29)31(37)36-20-18-35(19-21-36)17-16-23-4-6-24(22-33)7-5-23/h1-15,22,33H,16-21H2. The molecule has 0 aliphatic carbocycles. The lowest BCUT2D eigenvalue weighted by atomic mass is 10.1. The van der Waals surface area contributed by atoms with Crippen LogP contribution in [0.25, 0.3) is 11.3 Å². The highest BCUT2D eigenvalue weighted by Crippen LogP contribution is 2.25. The molecule has 3 aromatic carbocycles. The molecular weight excluding hydrogens is 479 g/mol. The van der Waals surface area contributed by atoms with Crippen LogP contribution in [0.4, 0.5) is 4.39 Å². The summed E-state index contributed by atoms with van der Waals surface area (Å²) in [5.74, 6) is 0.832. The highest BCUT2D eigenvalue weighted by Gasteiger charge is 2.23. The molecule has 192 valence electrons. The van der Waals surface area contributed by atoms with Crippen molar-refractivity contribution in [3.8, 4) is 22.8 Å². The molecule has 0 saturated carbocycles. The van der Waals surface area contributed by atoms with Gasteiger partial charge in [-0.2, -0.15) is 0 Å². The van der Waals surface area contributed by atoms with E-state index in [-0.39, 0.29) is 11.7 Å². The van der Waals surface area contributed by atoms with Crippen LogP contribution in [0.15, 0.2) is 91.0 Å². The van der Waals surface area contributed by atoms with Crippen molar-refractivity contribution in [3.05, 3.63) is 114 Å². The molecule has 6 nitrogen and oxygen atoms in total. The average Bonchev–Trinajstić information content (AvgIpc) is 2.98. The van der Waals surface area contributed by atoms with E-state index in [0.717, 1.165) is 42.9 Å². The number of carbonyl (C=O) groups is 1. The van der Waals surface area contributed by atoms with Crippen LogP contribution in [-0.2, 0) is 6.42 Å². The zero-order valence-corrected chi connectivity index (χ0v) is 21.0. The summed E-state index contributed by atoms with van der Waals surface area (Å²) in [5.41, 5.74) is 4.20. The summed E-state index contributed by atoms with van der Waals surface area (Å²) in [7, 11) is 0. The van der Waals surface area contributed by atoms with Crippen molar-refractivity contribution in [1.29, 1.82) is 5.41 Å². The van der Waals surface area contributed by atoms with E-state index in [1.807, 2.05) is 53.4 Å². The molecule has 0 atom stereocenters. The smallest absolute Gasteiger partial charge is 0.272 e. The van der Waals surface area contributed by atoms with Crippen LogP contribution in [0.3, 0.4) is 0 Å². The normalized spacial score (nSPS) is 13.8. The topological polar surface area (TPSA) is 69.5 Å². The molecule has 1 amide bonds. The maximum absolute atomic E-state index is 13.2. The molecule has 0 unspecified atom stereocenters. The number of halogens is 1. The van der Waals surface area contributed by atoms with Crippen molar-refractivity contribution in [1.82, 2.24) is 14.8 Å². The second-order valence-corrected chi connectivity index (χ2v) is 9.26. The molecule has 1 fully saturated rings. The van der Waals surface area contributed by atoms with Gasteiger partial charge in [0.1, 0.15) is 23.0 Å². The minimum atomic E-state index is -0.308. The largest absolute Gasteiger partial charge is 0.457 e. The van der Waals surface area contributed by atoms with Crippen molar-refractivity contribution in [2.24, 2.45) is 0 Å². The monoisotopic (exact) mass is 508 g/mol. The van der Waals surface area contributed by atoms with Crippen molar-refractivity contribution in [2.45, 2.75) is 6.42 Å². The first kappa shape index (κ1) is 25.3. The van der Waals surface area contributed by atoms with Crippen LogP contribution in [0, 0.1) is 11.2 Å². The second kappa shape index (κ2) is 11.8. The fourth-order valence-electron chi connectivity index (χ4n) is 4.45. The van der Waals surface area contributed by atoms with E-state index in [0.29, 0.717) is 30.3 Å². The number of hydrogen-bond acceptors (Lipinski definition) is 5. The highest BCUT2D eigenvalue weighted by molar-refractivity contribution is 5.93. The summed E-state index contributed by atoms with van der Waals surface area (Å²) in [6.45, 7) is 3.96. The first-order valence-electron chi connectivity index (χ1n) is 12.7. The number of pyridine rings is 1. The maximum Gasteiger partial charge on any atom is 0.272 e. The fourth-order valence-corrected chi connectivity index (χ4v) is 4.45. The van der Waals surface area contributed by atoms with Gasteiger partial charge in [-0.1, -0.05) is 30.3 Å². The Morgan fingerprint density at radius 2 is 1.53 bits per heavy atom. The van der Waals surface area contributed by atoms with Gasteiger partial charge in [-0.25, -0.2) is 9.37 Å². The molecule has 0 radical (unpaired) electrons. The van der Waals surface area contributed by atoms with Crippen LogP contribution in [0.1, 0.15) is 21.6 Å². The Bertz CT molecular complexity index is 1380. The maximum atomic E-state index is 13.2. The predicted molar refractivity (Wildman–Crippen MR) is 147 cm³/mol. The van der Waals surface area contributed by atoms with E-state index in [9.17, 15) is 9.18 Å². The zero-order chi connectivity index (χ0) is 26.3. The minimum absolute atomic E-state index is 0.0509. The molecule has 0 spiro atoms. The molecule has 2 heterocycles. The Morgan fingerprint density at radius 1 is 0.868 bits per heavy atom. The minimum Gasteiger partial charge on any atom is -0.457 e. The number of aromatic nitrogens is 1. The summed E-state index contributed by atoms with van der Waals surface area (Å²) in [5, 5.41) is 7.31. The van der Waals surface area contributed by atoms with Crippen LogP contribution in [0.2, 0.25) is 0 Å². The van der Waals surface area contributed by atoms with Crippen molar-refractivity contribution in [3.63, 3.8) is 0 Å². The van der Waals surface area contributed by atoms with Gasteiger partial charge in [-0.3, -0.25) is 9.69 Å². The third kappa shape index (κ3) is 6.30. The van der Waals surface area contributed by atoms with E-state index >= 15 is 0 Å². The molecule has 5 rings (SSSR count). The van der Waals surface area contributed by atoms with Crippen LogP contribution in [-0.4, -0.2) is 59.6 Å². The molecule has 1 N–H and O–H groups in total. The molecule has 4 aromatic rings. The van der Waals surface area contributed by atoms with E-state index in [4.69, 9.17) is 10.1 Å². The molecular formula is C31H29FN4O2. The van der Waals surface area contributed by atoms with Gasteiger partial charge >= 0.3 is 0 Å². The quantitative estimate of drug-likeness (QED) is 0.311. The van der Waals surface area contributed by atoms with Crippen LogP contribution < -0.4 is 4.74 Å². The van der Waals surface area contributed by atoms with Crippen LogP contribution >= 0.6 is 0 Å². The lowest BCUT2D eigenvalue weighted by molar-refractivity contribution is 0.0633. The number of hydrogen-bond donors (Lipinski definition) is 1. The van der Waals surface area contributed by atoms with Gasteiger partial charge in [-0.05, 0) is 78.2 Å². The van der Waals surface area contributed by atoms with Crippen molar-refractivity contribution >= 4 is 12.1 Å². The first-order valence-corrected chi connectivity index (χ1v) is 12.7. The van der Waals surface area contributed by atoms with Gasteiger partial charge in [0.05, 0.1) is 5.69 Å². The number of rotatable bonds is 8. The number of carbonyl (C=O) groups excluding carboxylic acids is 1. The summed E-state index contributed by atoms with van der Waals surface area (Å²) in [4.78, 5) is 22.1. The third-order valence-electron chi connectivity index (χ3n) is 6.69. The summed E-state index contributed by atoms with van der Waals surface area (Å²) in [6.07, 6.45) is 2.30. The number of nitrogens with one attached hydrogen (secondary N) is 1. The third-order valence-corrected chi connectivity index (χ3v) is 6.69. The second-order valence-electron chi connectivity index (χ2n) is 9.26. The van der Waals surface area contributed by atoms with Gasteiger partial charge < -0.3 is 15.0 Å². The molecule has 7 heteroatoms. The molecule has 1 aliphatic heterocycles. The fraction of sp³-hybridized carbons (Fsp3) is 0.194. The summed E-state index contributed by atoms with van der Waals surface area (Å²) in [6, 6.07) is 26.9. The van der Waals surface area contributed by atoms with Gasteiger partial charge in [0.2, 0.25) is 0 Å². The van der Waals surface area contributed by atoms with Gasteiger partial charge in [0.25, 0.3) is 5.91 Å². The lowest BCUT2D eigenvalue weighted by Crippen LogP contribution is -2.49. The molecule has 1 saturated heterocycles. The number of ether oxygens (including phenoxy) is 1. The predicted octanol–water partition coefficient (Wildman–Crippen LogP) is 5.68. The van der Waals surface area contributed by atoms with E-state index < -0.39 is 0 Å². The number of benzene rings is 3. The van der Waals surface area contributed by atoms with Gasteiger partial charge in [0.15, 0.2) is 0 Å². The Balaban J connectivity index is 1.15. The van der Waals surface area contributed by atoms with Crippen molar-refractivity contribution < 1.29 is 13.9 Å². The van der Waals surface area contributed by atoms with E-state index in [1.165, 1.54) is 23.9 Å². The van der Waals surface area contributed by atoms with Crippen molar-refractivity contribution in [2.75, 3.05) is 32.7 Å². The Kier molecular flexibility index (Phi) is 7.85. The average molecular weight is 509 g/mol. The van der Waals surface area contributed by atoms with E-state index in [1.54, 1.807) is 18.2 Å². The lowest BCUT2D eigenvalue weighted by Gasteiger charge is -2.34. The number of piperazine rings is 1. The Hall–Kier alpha value is -4.36. The number of nitrogens with zero attached hydrogens (tertiary/aromatic N) is 3. The molecule has 1 aliphatic rings. The summed E-state index contributed by atoms with van der Waals surface area (Å²) < 4.78 is 18.9. The van der Waals surface area contributed by atoms with E-state index in [2.05, 4.69) is 22.0 Å². The molecule has 0 bridgehead atoms. The highest BCUT2D eigenvalue weighted by atomic mass is 19.1. The number of amides is 1. The first-order chi connectivity index (χ1) is 18.6. The Labute approximate surface area is 221 Å². The molecule has 38 heavy (non-hydrogen) atoms. The zero-order valence-electron chi connectivity index (χ0n) is 21.0. The van der Waals surface area contributed by atoms with Crippen LogP contribution in [0.5, 0.6) is 11.5 Å². The van der Waals surface area contributed by atoms with Gasteiger partial charge in [0, 0.05) is 44.5 Å². The SMILES string of the molecule is N=Cc1ccc(CCN2CCN(C(=O)c3cccc(-c4ccc(Oc5ccc(F)cc5)cc4)n3)CC2)cc1. The van der Waals surface area contributed by atoms with Gasteiger partial charge in [-0.15, -0.1) is 0 Å². The Morgan fingerprint density at radius 3 is 2.18 bits per heavy atom. The molecule has 1 aromatic heterocycles. The summed E-state index contributed by atoms with van der Waals surface area (Å²) >= 11 is 0.